The van der Waals surface area contributed by atoms with Crippen molar-refractivity contribution in [3.8, 4) is 5.75 Å². The van der Waals surface area contributed by atoms with Crippen LogP contribution in [0.25, 0.3) is 0 Å². The average Bonchev–Trinajstić information content (AvgIpc) is 3.13. The molecule has 0 spiro atoms. The quantitative estimate of drug-likeness (QED) is 0.233. The largest absolute Gasteiger partial charge is 0.435 e. The van der Waals surface area contributed by atoms with Gasteiger partial charge in [0.25, 0.3) is 0 Å². The smallest absolute Gasteiger partial charge is 0.387 e. The fraction of sp³-hybridized carbons (Fsp3) is 0.448. The topological polar surface area (TPSA) is 88.6 Å². The highest BCUT2D eigenvalue weighted by Crippen LogP contribution is 2.41. The Morgan fingerprint density at radius 3 is 2.51 bits per heavy atom. The number of alkyl halides is 2. The minimum Gasteiger partial charge on any atom is -0.435 e. The number of rotatable bonds is 8. The van der Waals surface area contributed by atoms with Crippen molar-refractivity contribution < 1.29 is 22.8 Å². The molecule has 6 rings (SSSR count). The second-order valence-electron chi connectivity index (χ2n) is 11.3. The summed E-state index contributed by atoms with van der Waals surface area (Å²) >= 11 is 6.40. The molecule has 2 bridgehead atoms. The molecule has 2 unspecified atom stereocenters. The molecular formula is C29H33ClF2N5O3P. The minimum absolute atomic E-state index is 0.0723. The summed E-state index contributed by atoms with van der Waals surface area (Å²) in [6.45, 7) is 1.85. The van der Waals surface area contributed by atoms with Crippen LogP contribution in [0.3, 0.4) is 0 Å². The van der Waals surface area contributed by atoms with Gasteiger partial charge in [-0.3, -0.25) is 4.90 Å². The van der Waals surface area contributed by atoms with E-state index in [0.29, 0.717) is 40.9 Å². The minimum atomic E-state index is -2.98. The Hall–Kier alpha value is -2.78. The standard InChI is InChI=1S/C29H33ClF2N5O3P/c1-41(2,38)26-13-23(40-28(31)32)9-10-25(26)35-27-24(30)14-33-29(36-27)34-19-6-3-17-4-7-20(8-5-18(17)11-19)37-21-12-22(37)16-39-15-21/h3,6,9-11,13-14,20-22,28H,4-5,7-8,12,15-16H2,1-2H3,(H2,33,34,35,36)/t20-,21?,22?/m1/s1. The van der Waals surface area contributed by atoms with E-state index in [1.54, 1.807) is 13.3 Å². The molecule has 8 nitrogen and oxygen atoms in total. The van der Waals surface area contributed by atoms with Crippen molar-refractivity contribution in [1.82, 2.24) is 14.9 Å². The molecule has 1 aliphatic carbocycles. The number of nitrogens with zero attached hydrogens (tertiary/aromatic N) is 3. The first-order chi connectivity index (χ1) is 19.6. The predicted octanol–water partition coefficient (Wildman–Crippen LogP) is 6.19. The van der Waals surface area contributed by atoms with E-state index in [4.69, 9.17) is 16.3 Å². The van der Waals surface area contributed by atoms with Crippen LogP contribution in [0, 0.1) is 0 Å². The molecule has 1 aromatic heterocycles. The molecule has 41 heavy (non-hydrogen) atoms. The molecule has 2 fully saturated rings. The Bertz CT molecular complexity index is 1470. The van der Waals surface area contributed by atoms with Gasteiger partial charge >= 0.3 is 6.61 Å². The average molecular weight is 604 g/mol. The van der Waals surface area contributed by atoms with Crippen LogP contribution in [0.5, 0.6) is 5.75 Å². The molecule has 3 aromatic rings. The molecule has 2 saturated heterocycles. The second-order valence-corrected chi connectivity index (χ2v) is 14.9. The Morgan fingerprint density at radius 2 is 1.80 bits per heavy atom. The summed E-state index contributed by atoms with van der Waals surface area (Å²) in [7, 11) is -2.87. The van der Waals surface area contributed by atoms with Crippen LogP contribution in [0.4, 0.5) is 31.9 Å². The van der Waals surface area contributed by atoms with E-state index in [1.165, 1.54) is 48.4 Å². The van der Waals surface area contributed by atoms with Crippen LogP contribution >= 0.6 is 18.7 Å². The number of hydrogen-bond acceptors (Lipinski definition) is 8. The summed E-state index contributed by atoms with van der Waals surface area (Å²) < 4.78 is 48.6. The number of anilines is 4. The SMILES string of the molecule is CP(C)(=O)c1cc(OC(F)F)ccc1Nc1nc(Nc2ccc3c(c2)CC[C@H](N2C4COCC2C4)CC3)ncc1Cl. The van der Waals surface area contributed by atoms with Crippen LogP contribution in [-0.2, 0) is 22.1 Å². The van der Waals surface area contributed by atoms with E-state index < -0.39 is 13.8 Å². The Balaban J connectivity index is 1.17. The van der Waals surface area contributed by atoms with Crippen LogP contribution in [0.1, 0.15) is 30.4 Å². The molecule has 0 saturated carbocycles. The molecule has 3 heterocycles. The zero-order valence-electron chi connectivity index (χ0n) is 22.9. The molecular weight excluding hydrogens is 571 g/mol. The van der Waals surface area contributed by atoms with Gasteiger partial charge in [-0.1, -0.05) is 17.7 Å². The van der Waals surface area contributed by atoms with Crippen molar-refractivity contribution in [2.75, 3.05) is 37.2 Å². The summed E-state index contributed by atoms with van der Waals surface area (Å²) in [6, 6.07) is 12.4. The van der Waals surface area contributed by atoms with E-state index >= 15 is 0 Å². The lowest BCUT2D eigenvalue weighted by Crippen LogP contribution is -2.66. The number of nitrogens with one attached hydrogen (secondary N) is 2. The van der Waals surface area contributed by atoms with Crippen molar-refractivity contribution in [3.05, 3.63) is 58.7 Å². The van der Waals surface area contributed by atoms with Crippen molar-refractivity contribution in [3.63, 3.8) is 0 Å². The zero-order valence-corrected chi connectivity index (χ0v) is 24.6. The van der Waals surface area contributed by atoms with Crippen molar-refractivity contribution in [2.24, 2.45) is 0 Å². The fourth-order valence-corrected chi connectivity index (χ4v) is 7.53. The van der Waals surface area contributed by atoms with Gasteiger partial charge in [0.2, 0.25) is 5.95 Å². The molecule has 12 heteroatoms. The van der Waals surface area contributed by atoms with Gasteiger partial charge in [-0.25, -0.2) is 4.98 Å². The molecule has 3 atom stereocenters. The van der Waals surface area contributed by atoms with Gasteiger partial charge in [-0.2, -0.15) is 13.8 Å². The van der Waals surface area contributed by atoms with E-state index in [1.807, 2.05) is 6.07 Å². The predicted molar refractivity (Wildman–Crippen MR) is 157 cm³/mol. The summed E-state index contributed by atoms with van der Waals surface area (Å²) in [4.78, 5) is 11.6. The van der Waals surface area contributed by atoms with Crippen molar-refractivity contribution in [1.29, 1.82) is 0 Å². The van der Waals surface area contributed by atoms with Crippen LogP contribution in [0.2, 0.25) is 5.02 Å². The molecule has 0 radical (unpaired) electrons. The number of ether oxygens (including phenoxy) is 2. The number of hydrogen-bond donors (Lipinski definition) is 2. The lowest BCUT2D eigenvalue weighted by atomic mass is 9.87. The van der Waals surface area contributed by atoms with E-state index in [0.717, 1.165) is 38.2 Å². The first kappa shape index (κ1) is 28.3. The molecule has 218 valence electrons. The number of benzene rings is 2. The van der Waals surface area contributed by atoms with Crippen molar-refractivity contribution in [2.45, 2.75) is 56.8 Å². The number of halogens is 3. The second kappa shape index (κ2) is 11.5. The molecule has 2 aliphatic heterocycles. The lowest BCUT2D eigenvalue weighted by Gasteiger charge is -2.56. The maximum atomic E-state index is 13.0. The van der Waals surface area contributed by atoms with Gasteiger partial charge < -0.3 is 24.7 Å². The highest BCUT2D eigenvalue weighted by atomic mass is 35.5. The van der Waals surface area contributed by atoms with E-state index in [2.05, 4.69) is 42.4 Å². The third-order valence-corrected chi connectivity index (χ3v) is 9.96. The van der Waals surface area contributed by atoms with Gasteiger partial charge in [0.15, 0.2) is 5.82 Å². The highest BCUT2D eigenvalue weighted by Gasteiger charge is 2.45. The first-order valence-corrected chi connectivity index (χ1v) is 16.8. The lowest BCUT2D eigenvalue weighted by molar-refractivity contribution is -0.148. The maximum Gasteiger partial charge on any atom is 0.387 e. The monoisotopic (exact) mass is 603 g/mol. The highest BCUT2D eigenvalue weighted by molar-refractivity contribution is 7.70. The normalized spacial score (nSPS) is 22.4. The number of morpholine rings is 1. The Morgan fingerprint density at radius 1 is 1.05 bits per heavy atom. The van der Waals surface area contributed by atoms with Crippen LogP contribution in [-0.4, -0.2) is 66.1 Å². The third kappa shape index (κ3) is 6.21. The Labute approximate surface area is 243 Å². The van der Waals surface area contributed by atoms with E-state index in [-0.39, 0.29) is 10.8 Å². The van der Waals surface area contributed by atoms with Crippen molar-refractivity contribution >= 4 is 47.2 Å². The van der Waals surface area contributed by atoms with Crippen LogP contribution < -0.4 is 20.7 Å². The summed E-state index contributed by atoms with van der Waals surface area (Å²) in [5.41, 5.74) is 4.04. The van der Waals surface area contributed by atoms with Gasteiger partial charge in [-0.15, -0.1) is 0 Å². The number of aryl methyl sites for hydroxylation is 2. The third-order valence-electron chi connectivity index (χ3n) is 8.16. The van der Waals surface area contributed by atoms with Gasteiger partial charge in [0.1, 0.15) is 17.9 Å². The zero-order chi connectivity index (χ0) is 28.7. The first-order valence-electron chi connectivity index (χ1n) is 13.8. The molecule has 2 N–H and O–H groups in total. The Kier molecular flexibility index (Phi) is 7.94. The number of aromatic nitrogens is 2. The summed E-state index contributed by atoms with van der Waals surface area (Å²) in [5, 5.41) is 6.99. The van der Waals surface area contributed by atoms with Gasteiger partial charge in [0.05, 0.1) is 25.1 Å². The summed E-state index contributed by atoms with van der Waals surface area (Å²) in [5.74, 6) is 0.562. The summed E-state index contributed by atoms with van der Waals surface area (Å²) in [6.07, 6.45) is 7.13. The molecule has 2 aromatic carbocycles. The van der Waals surface area contributed by atoms with E-state index in [9.17, 15) is 13.3 Å². The fourth-order valence-electron chi connectivity index (χ4n) is 6.24. The van der Waals surface area contributed by atoms with Gasteiger partial charge in [-0.05, 0) is 86.9 Å². The number of fused-ring (bicyclic) bond motifs is 3. The van der Waals surface area contributed by atoms with Crippen LogP contribution in [0.15, 0.2) is 42.6 Å². The molecule has 0 amide bonds. The van der Waals surface area contributed by atoms with Gasteiger partial charge in [0, 0.05) is 29.1 Å². The maximum absolute atomic E-state index is 13.0. The molecule has 3 aliphatic rings.